The monoisotopic (exact) mass is 284 g/mol. The van der Waals surface area contributed by atoms with Crippen molar-refractivity contribution >= 4 is 6.03 Å². The van der Waals surface area contributed by atoms with Gasteiger partial charge < -0.3 is 15.7 Å². The molecule has 1 aliphatic carbocycles. The molecule has 3 atom stereocenters. The number of rotatable bonds is 7. The lowest BCUT2D eigenvalue weighted by molar-refractivity contribution is 0.101. The molecule has 0 aromatic carbocycles. The second-order valence-corrected chi connectivity index (χ2v) is 6.77. The van der Waals surface area contributed by atoms with Crippen molar-refractivity contribution in [1.29, 1.82) is 0 Å². The molecule has 3 N–H and O–H groups in total. The van der Waals surface area contributed by atoms with Crippen molar-refractivity contribution in [2.75, 3.05) is 6.54 Å². The van der Waals surface area contributed by atoms with E-state index in [1.807, 2.05) is 0 Å². The summed E-state index contributed by atoms with van der Waals surface area (Å²) in [4.78, 5) is 11.8. The number of hydrogen-bond donors (Lipinski definition) is 3. The van der Waals surface area contributed by atoms with Gasteiger partial charge in [0.2, 0.25) is 0 Å². The highest BCUT2D eigenvalue weighted by Gasteiger charge is 2.20. The smallest absolute Gasteiger partial charge is 0.315 e. The van der Waals surface area contributed by atoms with Crippen LogP contribution in [0.5, 0.6) is 0 Å². The molecule has 0 radical (unpaired) electrons. The van der Waals surface area contributed by atoms with Gasteiger partial charge in [0.25, 0.3) is 0 Å². The van der Waals surface area contributed by atoms with E-state index in [4.69, 9.17) is 0 Å². The van der Waals surface area contributed by atoms with Crippen molar-refractivity contribution in [3.05, 3.63) is 0 Å². The molecule has 4 nitrogen and oxygen atoms in total. The predicted octanol–water partition coefficient (Wildman–Crippen LogP) is 3.05. The van der Waals surface area contributed by atoms with E-state index in [0.717, 1.165) is 44.4 Å². The Morgan fingerprint density at radius 2 is 2.00 bits per heavy atom. The van der Waals surface area contributed by atoms with E-state index in [9.17, 15) is 9.90 Å². The maximum atomic E-state index is 11.8. The molecule has 1 fully saturated rings. The molecule has 20 heavy (non-hydrogen) atoms. The van der Waals surface area contributed by atoms with Gasteiger partial charge in [0.1, 0.15) is 0 Å². The van der Waals surface area contributed by atoms with Crippen LogP contribution in [-0.4, -0.2) is 29.8 Å². The highest BCUT2D eigenvalue weighted by Crippen LogP contribution is 2.23. The SMILES string of the molecule is CC(C)CCCC(C)NC(=O)NCC1CCCC(O)C1. The first-order chi connectivity index (χ1) is 9.47. The third-order valence-electron chi connectivity index (χ3n) is 4.10. The van der Waals surface area contributed by atoms with Gasteiger partial charge in [-0.25, -0.2) is 4.79 Å². The summed E-state index contributed by atoms with van der Waals surface area (Å²) in [5, 5.41) is 15.5. The summed E-state index contributed by atoms with van der Waals surface area (Å²) in [5.41, 5.74) is 0. The van der Waals surface area contributed by atoms with E-state index in [-0.39, 0.29) is 18.2 Å². The molecule has 2 amide bonds. The molecule has 0 heterocycles. The Bertz CT molecular complexity index is 282. The maximum Gasteiger partial charge on any atom is 0.315 e. The van der Waals surface area contributed by atoms with Crippen LogP contribution >= 0.6 is 0 Å². The Kier molecular flexibility index (Phi) is 7.97. The molecule has 0 aliphatic heterocycles. The summed E-state index contributed by atoms with van der Waals surface area (Å²) in [6.45, 7) is 7.19. The van der Waals surface area contributed by atoms with Crippen molar-refractivity contribution in [3.63, 3.8) is 0 Å². The lowest BCUT2D eigenvalue weighted by atomic mass is 9.87. The molecule has 0 spiro atoms. The van der Waals surface area contributed by atoms with Crippen molar-refractivity contribution in [2.45, 2.75) is 77.9 Å². The normalized spacial score (nSPS) is 24.4. The van der Waals surface area contributed by atoms with Crippen LogP contribution in [-0.2, 0) is 0 Å². The Morgan fingerprint density at radius 3 is 2.65 bits per heavy atom. The lowest BCUT2D eigenvalue weighted by Gasteiger charge is -2.26. The predicted molar refractivity (Wildman–Crippen MR) is 82.7 cm³/mol. The van der Waals surface area contributed by atoms with E-state index in [0.29, 0.717) is 12.5 Å². The molecule has 118 valence electrons. The topological polar surface area (TPSA) is 61.4 Å². The van der Waals surface area contributed by atoms with Crippen molar-refractivity contribution in [1.82, 2.24) is 10.6 Å². The Labute approximate surface area is 123 Å². The van der Waals surface area contributed by atoms with Crippen LogP contribution in [0.1, 0.15) is 65.7 Å². The molecule has 0 bridgehead atoms. The number of aliphatic hydroxyl groups excluding tert-OH is 1. The molecule has 1 aliphatic rings. The van der Waals surface area contributed by atoms with E-state index < -0.39 is 0 Å². The molecule has 0 aromatic rings. The zero-order valence-corrected chi connectivity index (χ0v) is 13.3. The minimum Gasteiger partial charge on any atom is -0.393 e. The zero-order valence-electron chi connectivity index (χ0n) is 13.3. The second kappa shape index (κ2) is 9.22. The van der Waals surface area contributed by atoms with Crippen LogP contribution in [0.3, 0.4) is 0 Å². The molecule has 3 unspecified atom stereocenters. The van der Waals surface area contributed by atoms with Crippen LogP contribution in [0.25, 0.3) is 0 Å². The first-order valence-electron chi connectivity index (χ1n) is 8.19. The van der Waals surface area contributed by atoms with Crippen LogP contribution in [0.4, 0.5) is 4.79 Å². The summed E-state index contributed by atoms with van der Waals surface area (Å²) in [6, 6.07) is 0.160. The molecule has 1 saturated carbocycles. The number of carbonyl (C=O) groups excluding carboxylic acids is 1. The molecule has 4 heteroatoms. The fraction of sp³-hybridized carbons (Fsp3) is 0.938. The van der Waals surface area contributed by atoms with Crippen LogP contribution in [0, 0.1) is 11.8 Å². The first-order valence-corrected chi connectivity index (χ1v) is 8.19. The van der Waals surface area contributed by atoms with Crippen molar-refractivity contribution in [3.8, 4) is 0 Å². The van der Waals surface area contributed by atoms with Gasteiger partial charge in [-0.1, -0.05) is 33.1 Å². The molecule has 1 rings (SSSR count). The fourth-order valence-corrected chi connectivity index (χ4v) is 2.86. The van der Waals surface area contributed by atoms with Crippen LogP contribution < -0.4 is 10.6 Å². The Balaban J connectivity index is 2.09. The third kappa shape index (κ3) is 7.73. The van der Waals surface area contributed by atoms with Crippen molar-refractivity contribution in [2.24, 2.45) is 11.8 Å². The Hall–Kier alpha value is -0.770. The largest absolute Gasteiger partial charge is 0.393 e. The number of carbonyl (C=O) groups is 1. The van der Waals surface area contributed by atoms with E-state index in [2.05, 4.69) is 31.4 Å². The molecule has 0 saturated heterocycles. The highest BCUT2D eigenvalue weighted by atomic mass is 16.3. The van der Waals surface area contributed by atoms with Gasteiger partial charge >= 0.3 is 6.03 Å². The van der Waals surface area contributed by atoms with Crippen LogP contribution in [0.2, 0.25) is 0 Å². The summed E-state index contributed by atoms with van der Waals surface area (Å²) < 4.78 is 0. The fourth-order valence-electron chi connectivity index (χ4n) is 2.86. The highest BCUT2D eigenvalue weighted by molar-refractivity contribution is 5.74. The number of aliphatic hydroxyl groups is 1. The summed E-state index contributed by atoms with van der Waals surface area (Å²) in [7, 11) is 0. The molecular formula is C16H32N2O2. The minimum atomic E-state index is -0.173. The number of amides is 2. The van der Waals surface area contributed by atoms with Gasteiger partial charge in [-0.05, 0) is 44.4 Å². The quantitative estimate of drug-likeness (QED) is 0.673. The summed E-state index contributed by atoms with van der Waals surface area (Å²) in [5.74, 6) is 1.16. The second-order valence-electron chi connectivity index (χ2n) is 6.77. The van der Waals surface area contributed by atoms with Gasteiger partial charge in [-0.3, -0.25) is 0 Å². The number of nitrogens with one attached hydrogen (secondary N) is 2. The number of hydrogen-bond acceptors (Lipinski definition) is 2. The Morgan fingerprint density at radius 1 is 1.25 bits per heavy atom. The van der Waals surface area contributed by atoms with Gasteiger partial charge in [-0.2, -0.15) is 0 Å². The van der Waals surface area contributed by atoms with E-state index in [1.54, 1.807) is 0 Å². The molecule has 0 aromatic heterocycles. The van der Waals surface area contributed by atoms with Gasteiger partial charge in [0, 0.05) is 12.6 Å². The number of urea groups is 1. The summed E-state index contributed by atoms with van der Waals surface area (Å²) in [6.07, 6.45) is 7.16. The van der Waals surface area contributed by atoms with Gasteiger partial charge in [0.05, 0.1) is 6.10 Å². The standard InChI is InChI=1S/C16H32N2O2/c1-12(2)6-4-7-13(3)18-16(20)17-11-14-8-5-9-15(19)10-14/h12-15,19H,4-11H2,1-3H3,(H2,17,18,20). The first kappa shape index (κ1) is 17.3. The molecular weight excluding hydrogens is 252 g/mol. The minimum absolute atomic E-state index is 0.0675. The lowest BCUT2D eigenvalue weighted by Crippen LogP contribution is -2.43. The van der Waals surface area contributed by atoms with E-state index in [1.165, 1.54) is 6.42 Å². The average molecular weight is 284 g/mol. The summed E-state index contributed by atoms with van der Waals surface area (Å²) >= 11 is 0. The zero-order chi connectivity index (χ0) is 15.0. The van der Waals surface area contributed by atoms with Crippen molar-refractivity contribution < 1.29 is 9.90 Å². The average Bonchev–Trinajstić information content (AvgIpc) is 2.36. The van der Waals surface area contributed by atoms with Gasteiger partial charge in [-0.15, -0.1) is 0 Å². The van der Waals surface area contributed by atoms with Gasteiger partial charge in [0.15, 0.2) is 0 Å². The van der Waals surface area contributed by atoms with E-state index >= 15 is 0 Å². The van der Waals surface area contributed by atoms with Crippen LogP contribution in [0.15, 0.2) is 0 Å². The third-order valence-corrected chi connectivity index (χ3v) is 4.10. The maximum absolute atomic E-state index is 11.8.